The topological polar surface area (TPSA) is 43.2 Å². The van der Waals surface area contributed by atoms with Crippen LogP contribution in [0.25, 0.3) is 0 Å². The Hall–Kier alpha value is -1.60. The van der Waals surface area contributed by atoms with Crippen LogP contribution >= 0.6 is 0 Å². The largest absolute Gasteiger partial charge is 0.354 e. The number of nitriles is 1. The lowest BCUT2D eigenvalue weighted by Gasteiger charge is -2.36. The van der Waals surface area contributed by atoms with Gasteiger partial charge < -0.3 is 9.80 Å². The van der Waals surface area contributed by atoms with E-state index >= 15 is 0 Å². The highest BCUT2D eigenvalue weighted by Crippen LogP contribution is 2.24. The van der Waals surface area contributed by atoms with Crippen molar-refractivity contribution in [2.45, 2.75) is 25.8 Å². The second-order valence-corrected chi connectivity index (χ2v) is 5.11. The SMILES string of the molecule is Cc1ccnc(N(C)C2CCCN(C)C2)c1C#N. The lowest BCUT2D eigenvalue weighted by molar-refractivity contribution is 0.247. The molecule has 1 aromatic rings. The number of rotatable bonds is 2. The van der Waals surface area contributed by atoms with Gasteiger partial charge in [0.05, 0.1) is 5.56 Å². The summed E-state index contributed by atoms with van der Waals surface area (Å²) >= 11 is 0. The predicted molar refractivity (Wildman–Crippen MR) is 72.6 cm³/mol. The van der Waals surface area contributed by atoms with Crippen LogP contribution in [0.4, 0.5) is 5.82 Å². The van der Waals surface area contributed by atoms with E-state index in [0.717, 1.165) is 24.5 Å². The molecule has 0 aliphatic carbocycles. The van der Waals surface area contributed by atoms with Crippen molar-refractivity contribution in [3.05, 3.63) is 23.4 Å². The zero-order valence-electron chi connectivity index (χ0n) is 11.3. The number of nitrogens with zero attached hydrogens (tertiary/aromatic N) is 4. The molecule has 0 radical (unpaired) electrons. The number of hydrogen-bond donors (Lipinski definition) is 0. The second kappa shape index (κ2) is 5.36. The normalized spacial score (nSPS) is 20.4. The molecular weight excluding hydrogens is 224 g/mol. The van der Waals surface area contributed by atoms with Crippen molar-refractivity contribution in [2.75, 3.05) is 32.1 Å². The average molecular weight is 244 g/mol. The molecule has 0 aromatic carbocycles. The van der Waals surface area contributed by atoms with Gasteiger partial charge in [-0.3, -0.25) is 0 Å². The molecule has 1 saturated heterocycles. The van der Waals surface area contributed by atoms with Crippen molar-refractivity contribution in [3.63, 3.8) is 0 Å². The van der Waals surface area contributed by atoms with Gasteiger partial charge in [-0.15, -0.1) is 0 Å². The third-order valence-electron chi connectivity index (χ3n) is 3.73. The monoisotopic (exact) mass is 244 g/mol. The Balaban J connectivity index is 2.26. The smallest absolute Gasteiger partial charge is 0.146 e. The molecule has 1 aliphatic heterocycles. The van der Waals surface area contributed by atoms with E-state index < -0.39 is 0 Å². The highest BCUT2D eigenvalue weighted by Gasteiger charge is 2.23. The molecule has 2 heterocycles. The zero-order chi connectivity index (χ0) is 13.1. The quantitative estimate of drug-likeness (QED) is 0.795. The van der Waals surface area contributed by atoms with E-state index in [1.165, 1.54) is 12.8 Å². The standard InChI is InChI=1S/C14H20N4/c1-11-6-7-16-14(13(11)9-15)18(3)12-5-4-8-17(2)10-12/h6-7,12H,4-5,8,10H2,1-3H3. The van der Waals surface area contributed by atoms with Crippen LogP contribution in [0.3, 0.4) is 0 Å². The average Bonchev–Trinajstić information content (AvgIpc) is 2.37. The Kier molecular flexibility index (Phi) is 3.83. The van der Waals surface area contributed by atoms with Crippen molar-refractivity contribution in [3.8, 4) is 6.07 Å². The Bertz CT molecular complexity index is 463. The molecule has 18 heavy (non-hydrogen) atoms. The van der Waals surface area contributed by atoms with Crippen molar-refractivity contribution in [1.29, 1.82) is 5.26 Å². The number of aromatic nitrogens is 1. The molecule has 0 saturated carbocycles. The first kappa shape index (κ1) is 12.8. The van der Waals surface area contributed by atoms with Crippen LogP contribution in [0.1, 0.15) is 24.0 Å². The highest BCUT2D eigenvalue weighted by molar-refractivity contribution is 5.57. The summed E-state index contributed by atoms with van der Waals surface area (Å²) in [5.41, 5.74) is 1.70. The number of likely N-dealkylation sites (tertiary alicyclic amines) is 1. The molecule has 4 nitrogen and oxygen atoms in total. The molecule has 0 bridgehead atoms. The minimum absolute atomic E-state index is 0.449. The molecule has 1 aromatic heterocycles. The Labute approximate surface area is 109 Å². The first-order chi connectivity index (χ1) is 8.63. The van der Waals surface area contributed by atoms with Gasteiger partial charge in [0.2, 0.25) is 0 Å². The van der Waals surface area contributed by atoms with E-state index in [2.05, 4.69) is 27.9 Å². The fraction of sp³-hybridized carbons (Fsp3) is 0.571. The maximum Gasteiger partial charge on any atom is 0.146 e. The molecule has 96 valence electrons. The molecule has 1 fully saturated rings. The Morgan fingerprint density at radius 2 is 2.33 bits per heavy atom. The van der Waals surface area contributed by atoms with Gasteiger partial charge in [-0.2, -0.15) is 5.26 Å². The second-order valence-electron chi connectivity index (χ2n) is 5.11. The summed E-state index contributed by atoms with van der Waals surface area (Å²) in [6, 6.07) is 4.62. The molecule has 0 N–H and O–H groups in total. The first-order valence-electron chi connectivity index (χ1n) is 6.40. The number of hydrogen-bond acceptors (Lipinski definition) is 4. The van der Waals surface area contributed by atoms with E-state index in [1.807, 2.05) is 20.0 Å². The fourth-order valence-electron chi connectivity index (χ4n) is 2.58. The minimum atomic E-state index is 0.449. The van der Waals surface area contributed by atoms with Crippen LogP contribution in [-0.4, -0.2) is 43.1 Å². The van der Waals surface area contributed by atoms with Gasteiger partial charge >= 0.3 is 0 Å². The number of anilines is 1. The number of pyridine rings is 1. The lowest BCUT2D eigenvalue weighted by Crippen LogP contribution is -2.45. The van der Waals surface area contributed by atoms with Gasteiger partial charge in [0.15, 0.2) is 0 Å². The van der Waals surface area contributed by atoms with E-state index in [1.54, 1.807) is 6.20 Å². The molecule has 1 aliphatic rings. The summed E-state index contributed by atoms with van der Waals surface area (Å²) in [5, 5.41) is 9.27. The molecule has 2 rings (SSSR count). The minimum Gasteiger partial charge on any atom is -0.354 e. The zero-order valence-corrected chi connectivity index (χ0v) is 11.3. The Morgan fingerprint density at radius 3 is 3.00 bits per heavy atom. The van der Waals surface area contributed by atoms with E-state index in [4.69, 9.17) is 0 Å². The van der Waals surface area contributed by atoms with Gasteiger partial charge in [0.1, 0.15) is 11.9 Å². The van der Waals surface area contributed by atoms with Gasteiger partial charge in [0, 0.05) is 25.8 Å². The Morgan fingerprint density at radius 1 is 1.56 bits per heavy atom. The maximum absolute atomic E-state index is 9.27. The number of aryl methyl sites for hydroxylation is 1. The number of piperidine rings is 1. The van der Waals surface area contributed by atoms with Crippen LogP contribution in [0.2, 0.25) is 0 Å². The summed E-state index contributed by atoms with van der Waals surface area (Å²) in [4.78, 5) is 8.90. The summed E-state index contributed by atoms with van der Waals surface area (Å²) in [5.74, 6) is 0.817. The maximum atomic E-state index is 9.27. The molecule has 1 unspecified atom stereocenters. The van der Waals surface area contributed by atoms with Crippen LogP contribution < -0.4 is 4.90 Å². The van der Waals surface area contributed by atoms with Crippen molar-refractivity contribution >= 4 is 5.82 Å². The van der Waals surface area contributed by atoms with Crippen LogP contribution in [0, 0.1) is 18.3 Å². The van der Waals surface area contributed by atoms with Crippen molar-refractivity contribution < 1.29 is 0 Å². The molecule has 0 amide bonds. The first-order valence-corrected chi connectivity index (χ1v) is 6.40. The molecule has 0 spiro atoms. The lowest BCUT2D eigenvalue weighted by atomic mass is 10.0. The molecule has 1 atom stereocenters. The third-order valence-corrected chi connectivity index (χ3v) is 3.73. The number of likely N-dealkylation sites (N-methyl/N-ethyl adjacent to an activating group) is 2. The molecular formula is C14H20N4. The summed E-state index contributed by atoms with van der Waals surface area (Å²) in [6.07, 6.45) is 4.16. The summed E-state index contributed by atoms with van der Waals surface area (Å²) in [7, 11) is 4.20. The highest BCUT2D eigenvalue weighted by atomic mass is 15.2. The van der Waals surface area contributed by atoms with Crippen molar-refractivity contribution in [2.24, 2.45) is 0 Å². The van der Waals surface area contributed by atoms with Crippen LogP contribution in [-0.2, 0) is 0 Å². The van der Waals surface area contributed by atoms with E-state index in [9.17, 15) is 5.26 Å². The van der Waals surface area contributed by atoms with Gasteiger partial charge in [-0.1, -0.05) is 0 Å². The van der Waals surface area contributed by atoms with Gasteiger partial charge in [0.25, 0.3) is 0 Å². The fourth-order valence-corrected chi connectivity index (χ4v) is 2.58. The van der Waals surface area contributed by atoms with Gasteiger partial charge in [-0.05, 0) is 45.0 Å². The summed E-state index contributed by atoms with van der Waals surface area (Å²) in [6.45, 7) is 4.16. The van der Waals surface area contributed by atoms with Gasteiger partial charge in [-0.25, -0.2) is 4.98 Å². The van der Waals surface area contributed by atoms with Crippen LogP contribution in [0.15, 0.2) is 12.3 Å². The van der Waals surface area contributed by atoms with Crippen molar-refractivity contribution in [1.82, 2.24) is 9.88 Å². The summed E-state index contributed by atoms with van der Waals surface area (Å²) < 4.78 is 0. The van der Waals surface area contributed by atoms with E-state index in [0.29, 0.717) is 11.6 Å². The predicted octanol–water partition coefficient (Wildman–Crippen LogP) is 1.79. The third kappa shape index (κ3) is 2.46. The van der Waals surface area contributed by atoms with E-state index in [-0.39, 0.29) is 0 Å². The molecule has 4 heteroatoms. The van der Waals surface area contributed by atoms with Crippen LogP contribution in [0.5, 0.6) is 0 Å².